The Morgan fingerprint density at radius 3 is 2.44 bits per heavy atom. The summed E-state index contributed by atoms with van der Waals surface area (Å²) < 4.78 is 0. The van der Waals surface area contributed by atoms with Gasteiger partial charge in [-0.15, -0.1) is 0 Å². The third kappa shape index (κ3) is 3.25. The van der Waals surface area contributed by atoms with Crippen LogP contribution in [0.1, 0.15) is 36.5 Å². The van der Waals surface area contributed by atoms with E-state index in [-0.39, 0.29) is 0 Å². The van der Waals surface area contributed by atoms with Gasteiger partial charge in [-0.3, -0.25) is 9.97 Å². The zero-order chi connectivity index (χ0) is 17.2. The molecule has 2 nitrogen and oxygen atoms in total. The van der Waals surface area contributed by atoms with Crippen molar-refractivity contribution in [2.24, 2.45) is 0 Å². The first-order valence-electron chi connectivity index (χ1n) is 8.92. The Balaban J connectivity index is 1.63. The molecular formula is C23H22N2. The second-order valence-electron chi connectivity index (χ2n) is 6.95. The molecule has 0 amide bonds. The van der Waals surface area contributed by atoms with Crippen LogP contribution in [-0.2, 0) is 12.8 Å². The van der Waals surface area contributed by atoms with Crippen LogP contribution in [0, 0.1) is 0 Å². The van der Waals surface area contributed by atoms with E-state index < -0.39 is 0 Å². The van der Waals surface area contributed by atoms with Crippen molar-refractivity contribution in [2.75, 3.05) is 0 Å². The van der Waals surface area contributed by atoms with Gasteiger partial charge in [0.05, 0.1) is 11.0 Å². The van der Waals surface area contributed by atoms with Crippen LogP contribution >= 0.6 is 0 Å². The first-order valence-corrected chi connectivity index (χ1v) is 8.92. The average Bonchev–Trinajstić information content (AvgIpc) is 2.65. The molecule has 4 aromatic rings. The molecule has 0 unspecified atom stereocenters. The summed E-state index contributed by atoms with van der Waals surface area (Å²) in [7, 11) is 0. The number of hydrogen-bond acceptors (Lipinski definition) is 2. The number of fused-ring (bicyclic) bond motifs is 2. The molecule has 0 saturated carbocycles. The van der Waals surface area contributed by atoms with Crippen LogP contribution in [0.25, 0.3) is 21.8 Å². The summed E-state index contributed by atoms with van der Waals surface area (Å²) in [4.78, 5) is 9.17. The van der Waals surface area contributed by atoms with Gasteiger partial charge in [0, 0.05) is 23.2 Å². The van der Waals surface area contributed by atoms with Crippen LogP contribution in [0.5, 0.6) is 0 Å². The monoisotopic (exact) mass is 326 g/mol. The normalized spacial score (nSPS) is 11.5. The maximum atomic E-state index is 4.59. The van der Waals surface area contributed by atoms with Gasteiger partial charge in [0.2, 0.25) is 0 Å². The topological polar surface area (TPSA) is 25.8 Å². The summed E-state index contributed by atoms with van der Waals surface area (Å²) in [6, 6.07) is 19.3. The van der Waals surface area contributed by atoms with E-state index >= 15 is 0 Å². The van der Waals surface area contributed by atoms with Crippen molar-refractivity contribution in [3.63, 3.8) is 0 Å². The van der Waals surface area contributed by atoms with Crippen LogP contribution in [0.15, 0.2) is 67.0 Å². The van der Waals surface area contributed by atoms with Gasteiger partial charge in [0.1, 0.15) is 0 Å². The highest BCUT2D eigenvalue weighted by atomic mass is 14.7. The quantitative estimate of drug-likeness (QED) is 0.481. The number of benzene rings is 2. The van der Waals surface area contributed by atoms with E-state index in [1.54, 1.807) is 0 Å². The van der Waals surface area contributed by atoms with Gasteiger partial charge in [-0.1, -0.05) is 44.2 Å². The molecule has 0 radical (unpaired) electrons. The van der Waals surface area contributed by atoms with Gasteiger partial charge in [-0.05, 0) is 59.7 Å². The molecule has 2 heterocycles. The zero-order valence-corrected chi connectivity index (χ0v) is 14.7. The molecule has 0 atom stereocenters. The Labute approximate surface area is 148 Å². The van der Waals surface area contributed by atoms with Gasteiger partial charge in [0.15, 0.2) is 0 Å². The molecule has 124 valence electrons. The Morgan fingerprint density at radius 2 is 1.56 bits per heavy atom. The van der Waals surface area contributed by atoms with Gasteiger partial charge in [-0.25, -0.2) is 0 Å². The van der Waals surface area contributed by atoms with Crippen LogP contribution < -0.4 is 0 Å². The average molecular weight is 326 g/mol. The van der Waals surface area contributed by atoms with E-state index in [2.05, 4.69) is 66.3 Å². The number of aryl methyl sites for hydroxylation is 2. The molecule has 0 aliphatic carbocycles. The minimum Gasteiger partial charge on any atom is -0.256 e. The number of aromatic nitrogens is 2. The Bertz CT molecular complexity index is 1030. The summed E-state index contributed by atoms with van der Waals surface area (Å²) in [5.41, 5.74) is 6.19. The summed E-state index contributed by atoms with van der Waals surface area (Å²) in [6.07, 6.45) is 5.91. The molecule has 0 bridgehead atoms. The SMILES string of the molecule is CC(C)c1cc(CCc2cnc3ccccc3c2)cc2cccnc12. The first kappa shape index (κ1) is 15.8. The van der Waals surface area contributed by atoms with Crippen molar-refractivity contribution in [3.8, 4) is 0 Å². The van der Waals surface area contributed by atoms with Crippen LogP contribution in [-0.4, -0.2) is 9.97 Å². The van der Waals surface area contributed by atoms with Gasteiger partial charge < -0.3 is 0 Å². The largest absolute Gasteiger partial charge is 0.256 e. The summed E-state index contributed by atoms with van der Waals surface area (Å²) in [5, 5.41) is 2.45. The van der Waals surface area contributed by atoms with Crippen molar-refractivity contribution < 1.29 is 0 Å². The number of para-hydroxylation sites is 1. The molecule has 2 heteroatoms. The van der Waals surface area contributed by atoms with Gasteiger partial charge >= 0.3 is 0 Å². The minimum atomic E-state index is 0.472. The maximum Gasteiger partial charge on any atom is 0.0736 e. The van der Waals surface area contributed by atoms with Gasteiger partial charge in [-0.2, -0.15) is 0 Å². The molecule has 2 aromatic carbocycles. The lowest BCUT2D eigenvalue weighted by Crippen LogP contribution is -1.98. The third-order valence-electron chi connectivity index (χ3n) is 4.77. The minimum absolute atomic E-state index is 0.472. The highest BCUT2D eigenvalue weighted by Crippen LogP contribution is 2.26. The van der Waals surface area contributed by atoms with Crippen LogP contribution in [0.2, 0.25) is 0 Å². The predicted octanol–water partition coefficient (Wildman–Crippen LogP) is 5.69. The molecule has 25 heavy (non-hydrogen) atoms. The van der Waals surface area contributed by atoms with Crippen LogP contribution in [0.4, 0.5) is 0 Å². The van der Waals surface area contributed by atoms with Crippen LogP contribution in [0.3, 0.4) is 0 Å². The number of pyridine rings is 2. The van der Waals surface area contributed by atoms with Crippen molar-refractivity contribution >= 4 is 21.8 Å². The van der Waals surface area contributed by atoms with E-state index in [4.69, 9.17) is 0 Å². The number of hydrogen-bond donors (Lipinski definition) is 0. The smallest absolute Gasteiger partial charge is 0.0736 e. The fourth-order valence-electron chi connectivity index (χ4n) is 3.41. The summed E-state index contributed by atoms with van der Waals surface area (Å²) in [5.74, 6) is 0.472. The van der Waals surface area contributed by atoms with E-state index in [9.17, 15) is 0 Å². The summed E-state index contributed by atoms with van der Waals surface area (Å²) >= 11 is 0. The Kier molecular flexibility index (Phi) is 4.19. The third-order valence-corrected chi connectivity index (χ3v) is 4.77. The summed E-state index contributed by atoms with van der Waals surface area (Å²) in [6.45, 7) is 4.47. The molecular weight excluding hydrogens is 304 g/mol. The molecule has 4 rings (SSSR count). The first-order chi connectivity index (χ1) is 12.2. The highest BCUT2D eigenvalue weighted by Gasteiger charge is 2.09. The second kappa shape index (κ2) is 6.64. The van der Waals surface area contributed by atoms with E-state index in [1.165, 1.54) is 27.5 Å². The number of rotatable bonds is 4. The maximum absolute atomic E-state index is 4.59. The predicted molar refractivity (Wildman–Crippen MR) is 105 cm³/mol. The van der Waals surface area contributed by atoms with Crippen molar-refractivity contribution in [1.82, 2.24) is 9.97 Å². The lowest BCUT2D eigenvalue weighted by atomic mass is 9.94. The van der Waals surface area contributed by atoms with Crippen molar-refractivity contribution in [3.05, 3.63) is 83.7 Å². The lowest BCUT2D eigenvalue weighted by Gasteiger charge is -2.12. The standard InChI is InChI=1S/C23H22N2/c1-16(2)21-14-17(12-20-7-5-11-24-23(20)21)9-10-18-13-19-6-3-4-8-22(19)25-15-18/h3-8,11-16H,9-10H2,1-2H3. The highest BCUT2D eigenvalue weighted by molar-refractivity contribution is 5.83. The van der Waals surface area contributed by atoms with Crippen molar-refractivity contribution in [2.45, 2.75) is 32.6 Å². The van der Waals surface area contributed by atoms with E-state index in [1.807, 2.05) is 24.5 Å². The fourth-order valence-corrected chi connectivity index (χ4v) is 3.41. The molecule has 0 spiro atoms. The molecule has 0 fully saturated rings. The number of nitrogens with zero attached hydrogens (tertiary/aromatic N) is 2. The molecule has 0 saturated heterocycles. The fraction of sp³-hybridized carbons (Fsp3) is 0.217. The van der Waals surface area contributed by atoms with E-state index in [0.717, 1.165) is 23.9 Å². The molecule has 0 aliphatic rings. The second-order valence-corrected chi connectivity index (χ2v) is 6.95. The zero-order valence-electron chi connectivity index (χ0n) is 14.7. The van der Waals surface area contributed by atoms with Crippen molar-refractivity contribution in [1.29, 1.82) is 0 Å². The Hall–Kier alpha value is -2.74. The van der Waals surface area contributed by atoms with E-state index in [0.29, 0.717) is 5.92 Å². The lowest BCUT2D eigenvalue weighted by molar-refractivity contribution is 0.864. The Morgan fingerprint density at radius 1 is 0.800 bits per heavy atom. The molecule has 2 aromatic heterocycles. The molecule has 0 aliphatic heterocycles. The van der Waals surface area contributed by atoms with Gasteiger partial charge in [0.25, 0.3) is 0 Å². The molecule has 0 N–H and O–H groups in total.